The SMILES string of the molecule is CC(C)(C)[Si](OCCN(CCO[Si](c1ccccc1)(c1ccccc1)C(C)(C)C)c1ncc(-c2cc(N3CCOCC3)cc([N+](=O)[O-])c2)s1)(c1ccccc1)c1ccccc1. The molecule has 0 aliphatic carbocycles. The van der Waals surface area contributed by atoms with Gasteiger partial charge in [0.05, 0.1) is 36.2 Å². The summed E-state index contributed by atoms with van der Waals surface area (Å²) in [5, 5.41) is 17.6. The van der Waals surface area contributed by atoms with Gasteiger partial charge in [-0.3, -0.25) is 10.1 Å². The molecule has 1 aliphatic rings. The number of hydrogen-bond donors (Lipinski definition) is 0. The van der Waals surface area contributed by atoms with Crippen LogP contribution in [0.5, 0.6) is 0 Å². The Morgan fingerprint density at radius 2 is 1.11 bits per heavy atom. The summed E-state index contributed by atoms with van der Waals surface area (Å²) in [6, 6.07) is 48.3. The summed E-state index contributed by atoms with van der Waals surface area (Å²) in [6.45, 7) is 18.4. The van der Waals surface area contributed by atoms with E-state index in [9.17, 15) is 10.1 Å². The molecule has 0 bridgehead atoms. The van der Waals surface area contributed by atoms with E-state index in [2.05, 4.69) is 173 Å². The quantitative estimate of drug-likeness (QED) is 0.0544. The van der Waals surface area contributed by atoms with Crippen molar-refractivity contribution in [2.24, 2.45) is 0 Å². The van der Waals surface area contributed by atoms with Crippen molar-refractivity contribution in [1.82, 2.24) is 4.98 Å². The zero-order chi connectivity index (χ0) is 43.1. The average Bonchev–Trinajstić information content (AvgIpc) is 3.77. The van der Waals surface area contributed by atoms with E-state index >= 15 is 0 Å². The Bertz CT molecular complexity index is 2150. The van der Waals surface area contributed by atoms with Crippen molar-refractivity contribution in [3.63, 3.8) is 0 Å². The second kappa shape index (κ2) is 19.0. The zero-order valence-corrected chi connectivity index (χ0v) is 39.1. The number of benzene rings is 5. The molecular weight excluding hydrogens is 813 g/mol. The second-order valence-corrected chi connectivity index (χ2v) is 27.2. The van der Waals surface area contributed by atoms with Crippen LogP contribution in [0.15, 0.2) is 146 Å². The van der Waals surface area contributed by atoms with Gasteiger partial charge in [-0.2, -0.15) is 0 Å². The van der Waals surface area contributed by atoms with E-state index in [0.717, 1.165) is 21.3 Å². The first kappa shape index (κ1) is 44.1. The van der Waals surface area contributed by atoms with Gasteiger partial charge in [-0.15, -0.1) is 0 Å². The molecule has 1 aliphatic heterocycles. The summed E-state index contributed by atoms with van der Waals surface area (Å²) in [6.07, 6.45) is 1.85. The third kappa shape index (κ3) is 9.45. The molecule has 0 amide bonds. The van der Waals surface area contributed by atoms with Crippen LogP contribution < -0.4 is 30.5 Å². The highest BCUT2D eigenvalue weighted by Gasteiger charge is 2.51. The number of anilines is 2. The summed E-state index contributed by atoms with van der Waals surface area (Å²) >= 11 is 1.54. The number of hydrogen-bond acceptors (Lipinski definition) is 9. The summed E-state index contributed by atoms with van der Waals surface area (Å²) < 4.78 is 20.4. The number of nitro benzene ring substituents is 1. The summed E-state index contributed by atoms with van der Waals surface area (Å²) in [4.78, 5) is 22.2. The highest BCUT2D eigenvalue weighted by atomic mass is 32.1. The maximum Gasteiger partial charge on any atom is 0.272 e. The number of ether oxygens (including phenoxy) is 1. The standard InChI is InChI=1S/C49H58N4O5SSi2/c1-48(2,3)60(42-19-11-7-12-20-42,43-21-13-8-14-22-43)57-33-29-52(30-34-58-61(49(4,5)6,44-23-15-9-16-24-44)45-25-17-10-18-26-45)47-50-38-46(59-47)39-35-40(37-41(36-39)53(54)55)51-27-31-56-32-28-51/h7-26,35-38H,27-34H2,1-6H3. The maximum absolute atomic E-state index is 12.2. The van der Waals surface area contributed by atoms with E-state index in [4.69, 9.17) is 18.6 Å². The predicted molar refractivity (Wildman–Crippen MR) is 257 cm³/mol. The molecule has 12 heteroatoms. The van der Waals surface area contributed by atoms with Crippen molar-refractivity contribution >= 4 is 65.2 Å². The van der Waals surface area contributed by atoms with Crippen LogP contribution in [0, 0.1) is 10.1 Å². The molecule has 0 unspecified atom stereocenters. The van der Waals surface area contributed by atoms with Gasteiger partial charge >= 0.3 is 0 Å². The summed E-state index contributed by atoms with van der Waals surface area (Å²) in [5.74, 6) is 0. The van der Waals surface area contributed by atoms with Crippen LogP contribution in [0.2, 0.25) is 10.1 Å². The van der Waals surface area contributed by atoms with Gasteiger partial charge < -0.3 is 23.4 Å². The molecule has 0 saturated carbocycles. The van der Waals surface area contributed by atoms with E-state index in [1.807, 2.05) is 12.3 Å². The third-order valence-electron chi connectivity index (χ3n) is 11.7. The molecule has 2 heterocycles. The molecule has 0 atom stereocenters. The summed E-state index contributed by atoms with van der Waals surface area (Å²) in [5.41, 5.74) is 1.64. The fraction of sp³-hybridized carbons (Fsp3) is 0.327. The molecule has 0 radical (unpaired) electrons. The minimum absolute atomic E-state index is 0.0585. The average molecular weight is 871 g/mol. The van der Waals surface area contributed by atoms with E-state index in [1.165, 1.54) is 20.7 Å². The predicted octanol–water partition coefficient (Wildman–Crippen LogP) is 8.51. The maximum atomic E-state index is 12.2. The lowest BCUT2D eigenvalue weighted by Gasteiger charge is -2.44. The number of morpholine rings is 1. The molecule has 7 rings (SSSR count). The van der Waals surface area contributed by atoms with Crippen LogP contribution in [0.25, 0.3) is 10.4 Å². The second-order valence-electron chi connectivity index (χ2n) is 17.6. The minimum Gasteiger partial charge on any atom is -0.406 e. The van der Waals surface area contributed by atoms with E-state index < -0.39 is 16.6 Å². The van der Waals surface area contributed by atoms with Crippen LogP contribution in [0.4, 0.5) is 16.5 Å². The molecule has 1 fully saturated rings. The molecule has 1 aromatic heterocycles. The van der Waals surface area contributed by atoms with E-state index in [0.29, 0.717) is 52.6 Å². The topological polar surface area (TPSA) is 90.2 Å². The fourth-order valence-corrected chi connectivity index (χ4v) is 18.9. The van der Waals surface area contributed by atoms with Crippen molar-refractivity contribution < 1.29 is 18.5 Å². The minimum atomic E-state index is -2.82. The van der Waals surface area contributed by atoms with Crippen LogP contribution in [-0.2, 0) is 13.6 Å². The van der Waals surface area contributed by atoms with Gasteiger partial charge in [-0.25, -0.2) is 4.98 Å². The van der Waals surface area contributed by atoms with Crippen LogP contribution in [0.1, 0.15) is 41.5 Å². The highest BCUT2D eigenvalue weighted by molar-refractivity contribution is 7.18. The lowest BCUT2D eigenvalue weighted by Crippen LogP contribution is -2.67. The van der Waals surface area contributed by atoms with Gasteiger partial charge in [-0.05, 0) is 36.9 Å². The molecule has 1 saturated heterocycles. The normalized spacial score (nSPS) is 13.9. The van der Waals surface area contributed by atoms with E-state index in [1.54, 1.807) is 23.5 Å². The number of nitro groups is 1. The van der Waals surface area contributed by atoms with Crippen molar-refractivity contribution in [2.75, 3.05) is 62.4 Å². The molecule has 61 heavy (non-hydrogen) atoms. The number of non-ortho nitro benzene ring substituents is 1. The molecular formula is C49H58N4O5SSi2. The Labute approximate surface area is 367 Å². The van der Waals surface area contributed by atoms with Gasteiger partial charge in [0.1, 0.15) is 0 Å². The number of rotatable bonds is 16. The Kier molecular flexibility index (Phi) is 13.7. The summed E-state index contributed by atoms with van der Waals surface area (Å²) in [7, 11) is -5.65. The largest absolute Gasteiger partial charge is 0.406 e. The Morgan fingerprint density at radius 1 is 0.689 bits per heavy atom. The Hall–Kier alpha value is -4.96. The van der Waals surface area contributed by atoms with E-state index in [-0.39, 0.29) is 20.7 Å². The van der Waals surface area contributed by atoms with Crippen LogP contribution in [-0.4, -0.2) is 79.1 Å². The number of thiazole rings is 1. The smallest absolute Gasteiger partial charge is 0.272 e. The fourth-order valence-electron chi connectivity index (χ4n) is 8.84. The van der Waals surface area contributed by atoms with Gasteiger partial charge in [0, 0.05) is 55.8 Å². The van der Waals surface area contributed by atoms with Crippen molar-refractivity contribution in [3.8, 4) is 10.4 Å². The van der Waals surface area contributed by atoms with Gasteiger partial charge in [-0.1, -0.05) is 174 Å². The Morgan fingerprint density at radius 3 is 1.51 bits per heavy atom. The third-order valence-corrected chi connectivity index (χ3v) is 22.9. The zero-order valence-electron chi connectivity index (χ0n) is 36.3. The molecule has 5 aromatic carbocycles. The first-order chi connectivity index (χ1) is 29.3. The van der Waals surface area contributed by atoms with Gasteiger partial charge in [0.25, 0.3) is 22.3 Å². The number of aromatic nitrogens is 1. The first-order valence-electron chi connectivity index (χ1n) is 21.2. The molecule has 9 nitrogen and oxygen atoms in total. The molecule has 0 spiro atoms. The van der Waals surface area contributed by atoms with Crippen LogP contribution in [0.3, 0.4) is 0 Å². The lowest BCUT2D eigenvalue weighted by molar-refractivity contribution is -0.384. The van der Waals surface area contributed by atoms with Gasteiger partial charge in [0.2, 0.25) is 0 Å². The molecule has 6 aromatic rings. The monoisotopic (exact) mass is 870 g/mol. The number of nitrogens with zero attached hydrogens (tertiary/aromatic N) is 4. The highest BCUT2D eigenvalue weighted by Crippen LogP contribution is 2.40. The van der Waals surface area contributed by atoms with Crippen LogP contribution >= 0.6 is 11.3 Å². The lowest BCUT2D eigenvalue weighted by atomic mass is 10.1. The van der Waals surface area contributed by atoms with Crippen molar-refractivity contribution in [1.29, 1.82) is 0 Å². The first-order valence-corrected chi connectivity index (χ1v) is 25.8. The van der Waals surface area contributed by atoms with Crippen molar-refractivity contribution in [2.45, 2.75) is 51.6 Å². The molecule has 318 valence electrons. The van der Waals surface area contributed by atoms with Crippen molar-refractivity contribution in [3.05, 3.63) is 156 Å². The molecule has 0 N–H and O–H groups in total. The Balaban J connectivity index is 1.25. The van der Waals surface area contributed by atoms with Gasteiger partial charge in [0.15, 0.2) is 5.13 Å².